The number of rotatable bonds is 9. The molecule has 0 radical (unpaired) electrons. The minimum absolute atomic E-state index is 0.00695. The molecule has 2 aliphatic heterocycles. The first-order valence-corrected chi connectivity index (χ1v) is 13.1. The van der Waals surface area contributed by atoms with E-state index in [-0.39, 0.29) is 54.7 Å². The lowest BCUT2D eigenvalue weighted by Gasteiger charge is -2.43. The van der Waals surface area contributed by atoms with Gasteiger partial charge in [0.25, 0.3) is 11.8 Å². The number of carboxylic acids is 1. The smallest absolute Gasteiger partial charge is 0.343 e. The number of benzene rings is 2. The van der Waals surface area contributed by atoms with Crippen LogP contribution in [0, 0.1) is 0 Å². The molecule has 4 amide bonds. The maximum Gasteiger partial charge on any atom is 0.343 e. The van der Waals surface area contributed by atoms with E-state index in [2.05, 4.69) is 10.6 Å². The normalized spacial score (nSPS) is 19.1. The number of amides is 4. The number of nitrogens with one attached hydrogen (secondary N) is 2. The van der Waals surface area contributed by atoms with E-state index in [0.717, 1.165) is 10.0 Å². The third-order valence-electron chi connectivity index (χ3n) is 6.79. The Morgan fingerprint density at radius 3 is 2.31 bits per heavy atom. The van der Waals surface area contributed by atoms with Crippen LogP contribution in [0.4, 0.5) is 0 Å². The summed E-state index contributed by atoms with van der Waals surface area (Å²) >= 11 is 0. The number of aldehydes is 1. The molecule has 2 aromatic carbocycles. The van der Waals surface area contributed by atoms with Crippen molar-refractivity contribution >= 4 is 41.9 Å². The molecule has 0 aliphatic carbocycles. The number of aromatic hydroxyl groups is 1. The molecule has 0 aromatic heterocycles. The van der Waals surface area contributed by atoms with Crippen LogP contribution in [0.1, 0.15) is 52.8 Å². The number of hydrogen-bond acceptors (Lipinski definition) is 9. The standard InChI is InChI=1S/C28H28N4O10/c33-15-18(14-24(36)37)29-26(39)22-2-1-13-31-23(35)12-11-21(27(40)32(22)31)30-25(38)16-5-9-20(10-6-16)42-28(41)17-3-7-19(34)8-4-17/h3-10,15,18,21-22,34H,1-2,11-14H2,(H,29,39)(H,30,38)(H,36,37). The highest BCUT2D eigenvalue weighted by molar-refractivity contribution is 6.00. The van der Waals surface area contributed by atoms with Crippen LogP contribution in [-0.4, -0.2) is 86.8 Å². The van der Waals surface area contributed by atoms with Gasteiger partial charge in [0.1, 0.15) is 29.9 Å². The van der Waals surface area contributed by atoms with Crippen molar-refractivity contribution in [2.24, 2.45) is 0 Å². The maximum atomic E-state index is 13.6. The van der Waals surface area contributed by atoms with E-state index in [4.69, 9.17) is 9.84 Å². The first-order chi connectivity index (χ1) is 20.1. The van der Waals surface area contributed by atoms with Gasteiger partial charge in [0.2, 0.25) is 11.8 Å². The number of fused-ring (bicyclic) bond motifs is 1. The molecule has 0 bridgehead atoms. The lowest BCUT2D eigenvalue weighted by atomic mass is 10.0. The van der Waals surface area contributed by atoms with Gasteiger partial charge in [0.15, 0.2) is 0 Å². The van der Waals surface area contributed by atoms with Crippen LogP contribution in [-0.2, 0) is 24.0 Å². The first-order valence-electron chi connectivity index (χ1n) is 13.1. The number of carbonyl (C=O) groups is 7. The van der Waals surface area contributed by atoms with E-state index in [1.165, 1.54) is 48.5 Å². The van der Waals surface area contributed by atoms with Gasteiger partial charge < -0.3 is 30.4 Å². The molecule has 3 atom stereocenters. The van der Waals surface area contributed by atoms with E-state index < -0.39 is 60.1 Å². The molecule has 220 valence electrons. The highest BCUT2D eigenvalue weighted by Gasteiger charge is 2.45. The van der Waals surface area contributed by atoms with Crippen molar-refractivity contribution in [1.82, 2.24) is 20.7 Å². The number of hydrazine groups is 1. The second-order valence-corrected chi connectivity index (χ2v) is 9.73. The summed E-state index contributed by atoms with van der Waals surface area (Å²) in [5.74, 6) is -4.39. The predicted octanol–water partition coefficient (Wildman–Crippen LogP) is 0.397. The molecular formula is C28H28N4O10. The number of phenols is 1. The number of ether oxygens (including phenoxy) is 1. The Bertz CT molecular complexity index is 1390. The molecule has 4 rings (SSSR count). The number of nitrogens with zero attached hydrogens (tertiary/aromatic N) is 2. The highest BCUT2D eigenvalue weighted by atomic mass is 16.5. The number of carboxylic acid groups (broad SMARTS) is 1. The van der Waals surface area contributed by atoms with Gasteiger partial charge in [-0.05, 0) is 67.8 Å². The van der Waals surface area contributed by atoms with Gasteiger partial charge in [-0.2, -0.15) is 0 Å². The van der Waals surface area contributed by atoms with Gasteiger partial charge in [0, 0.05) is 18.5 Å². The van der Waals surface area contributed by atoms with Crippen molar-refractivity contribution in [2.45, 2.75) is 50.2 Å². The number of phenolic OH excluding ortho intramolecular Hbond substituents is 1. The average Bonchev–Trinajstić information content (AvgIpc) is 3.09. The van der Waals surface area contributed by atoms with E-state index in [1.54, 1.807) is 0 Å². The van der Waals surface area contributed by atoms with Gasteiger partial charge >= 0.3 is 11.9 Å². The van der Waals surface area contributed by atoms with Crippen LogP contribution in [0.5, 0.6) is 11.5 Å². The lowest BCUT2D eigenvalue weighted by molar-refractivity contribution is -0.176. The molecule has 2 heterocycles. The van der Waals surface area contributed by atoms with E-state index in [1.807, 2.05) is 0 Å². The van der Waals surface area contributed by atoms with Crippen molar-refractivity contribution in [2.75, 3.05) is 6.54 Å². The summed E-state index contributed by atoms with van der Waals surface area (Å²) in [6.07, 6.45) is 0.0767. The van der Waals surface area contributed by atoms with Crippen molar-refractivity contribution in [3.8, 4) is 11.5 Å². The van der Waals surface area contributed by atoms with E-state index in [0.29, 0.717) is 6.42 Å². The summed E-state index contributed by atoms with van der Waals surface area (Å²) in [6.45, 7) is 0.172. The third-order valence-corrected chi connectivity index (χ3v) is 6.79. The van der Waals surface area contributed by atoms with Crippen LogP contribution in [0.3, 0.4) is 0 Å². The third kappa shape index (κ3) is 6.89. The van der Waals surface area contributed by atoms with Gasteiger partial charge in [-0.3, -0.25) is 29.0 Å². The van der Waals surface area contributed by atoms with E-state index in [9.17, 15) is 38.7 Å². The molecule has 2 fully saturated rings. The Labute approximate surface area is 239 Å². The Kier molecular flexibility index (Phi) is 9.15. The largest absolute Gasteiger partial charge is 0.508 e. The van der Waals surface area contributed by atoms with Crippen LogP contribution in [0.2, 0.25) is 0 Å². The van der Waals surface area contributed by atoms with Crippen LogP contribution >= 0.6 is 0 Å². The molecule has 3 unspecified atom stereocenters. The van der Waals surface area contributed by atoms with Crippen LogP contribution in [0.15, 0.2) is 48.5 Å². The van der Waals surface area contributed by atoms with Crippen molar-refractivity contribution in [3.63, 3.8) is 0 Å². The summed E-state index contributed by atoms with van der Waals surface area (Å²) < 4.78 is 5.27. The zero-order valence-electron chi connectivity index (χ0n) is 22.2. The van der Waals surface area contributed by atoms with Crippen LogP contribution in [0.25, 0.3) is 0 Å². The average molecular weight is 581 g/mol. The summed E-state index contributed by atoms with van der Waals surface area (Å²) in [7, 11) is 0. The molecule has 42 heavy (non-hydrogen) atoms. The predicted molar refractivity (Wildman–Crippen MR) is 142 cm³/mol. The second kappa shape index (κ2) is 12.9. The second-order valence-electron chi connectivity index (χ2n) is 9.73. The summed E-state index contributed by atoms with van der Waals surface area (Å²) in [5.41, 5.74) is 0.341. The minimum Gasteiger partial charge on any atom is -0.508 e. The Morgan fingerprint density at radius 1 is 1.00 bits per heavy atom. The molecule has 14 heteroatoms. The molecule has 2 aliphatic rings. The number of carbonyl (C=O) groups excluding carboxylic acids is 6. The van der Waals surface area contributed by atoms with E-state index >= 15 is 0 Å². The lowest BCUT2D eigenvalue weighted by Crippen LogP contribution is -2.64. The number of hydrogen-bond donors (Lipinski definition) is 4. The molecule has 0 saturated carbocycles. The Morgan fingerprint density at radius 2 is 1.67 bits per heavy atom. The molecule has 2 saturated heterocycles. The zero-order chi connectivity index (χ0) is 30.4. The summed E-state index contributed by atoms with van der Waals surface area (Å²) in [4.78, 5) is 87.0. The maximum absolute atomic E-state index is 13.6. The monoisotopic (exact) mass is 580 g/mol. The van der Waals surface area contributed by atoms with Gasteiger partial charge in [-0.15, -0.1) is 0 Å². The fourth-order valence-electron chi connectivity index (χ4n) is 4.69. The molecule has 4 N–H and O–H groups in total. The SMILES string of the molecule is O=CC(CC(=O)O)NC(=O)C1CCCN2C(=O)CCC(NC(=O)c3ccc(OC(=O)c4ccc(O)cc4)cc3)C(=O)N12. The van der Waals surface area contributed by atoms with Crippen LogP contribution < -0.4 is 15.4 Å². The fraction of sp³-hybridized carbons (Fsp3) is 0.321. The highest BCUT2D eigenvalue weighted by Crippen LogP contribution is 2.25. The first kappa shape index (κ1) is 29.7. The Hall–Kier alpha value is -5.27. The quantitative estimate of drug-likeness (QED) is 0.183. The molecule has 2 aromatic rings. The van der Waals surface area contributed by atoms with Crippen molar-refractivity contribution in [3.05, 3.63) is 59.7 Å². The van der Waals surface area contributed by atoms with Crippen molar-refractivity contribution in [1.29, 1.82) is 0 Å². The molecule has 0 spiro atoms. The minimum atomic E-state index is -1.32. The Balaban J connectivity index is 1.44. The number of esters is 1. The molecular weight excluding hydrogens is 552 g/mol. The number of aliphatic carboxylic acids is 1. The topological polar surface area (TPSA) is 200 Å². The van der Waals surface area contributed by atoms with Gasteiger partial charge in [-0.25, -0.2) is 9.80 Å². The zero-order valence-corrected chi connectivity index (χ0v) is 22.2. The van der Waals surface area contributed by atoms with Crippen molar-refractivity contribution < 1.29 is 48.5 Å². The summed E-state index contributed by atoms with van der Waals surface area (Å²) in [5, 5.41) is 25.4. The fourth-order valence-corrected chi connectivity index (χ4v) is 4.69. The molecule has 14 nitrogen and oxygen atoms in total. The van der Waals surface area contributed by atoms with Gasteiger partial charge in [-0.1, -0.05) is 0 Å². The van der Waals surface area contributed by atoms with Gasteiger partial charge in [0.05, 0.1) is 18.0 Å². The summed E-state index contributed by atoms with van der Waals surface area (Å²) in [6, 6.07) is 7.33.